The number of hydrogen-bond acceptors (Lipinski definition) is 4. The maximum absolute atomic E-state index is 13.6. The zero-order chi connectivity index (χ0) is 20.7. The lowest BCUT2D eigenvalue weighted by atomic mass is 9.80. The molecule has 2 atom stereocenters. The molecule has 1 aliphatic heterocycles. The molecule has 2 heterocycles. The van der Waals surface area contributed by atoms with Gasteiger partial charge in [-0.25, -0.2) is 9.49 Å². The van der Waals surface area contributed by atoms with Gasteiger partial charge in [-0.15, -0.1) is 0 Å². The van der Waals surface area contributed by atoms with Crippen molar-refractivity contribution >= 4 is 16.5 Å². The molecule has 5 rings (SSSR count). The van der Waals surface area contributed by atoms with Crippen molar-refractivity contribution in [3.63, 3.8) is 0 Å². The van der Waals surface area contributed by atoms with Crippen LogP contribution in [0.1, 0.15) is 34.3 Å². The predicted molar refractivity (Wildman–Crippen MR) is 116 cm³/mol. The van der Waals surface area contributed by atoms with Crippen molar-refractivity contribution in [2.75, 3.05) is 12.4 Å². The van der Waals surface area contributed by atoms with Crippen LogP contribution < -0.4 is 16.2 Å². The van der Waals surface area contributed by atoms with Gasteiger partial charge in [0, 0.05) is 17.6 Å². The standard InChI is InChI=1S/C24H21FN4O/c1-26-13-14-5-7-16(8-6-14)22-20(15-9-11-17(25)12-10-15)23-21-18(24(30)29-28-23)3-2-4-19(21)27-22/h2-12,20,22,26-27H,13H2,1H3,(H,29,30). The Morgan fingerprint density at radius 2 is 1.73 bits per heavy atom. The molecule has 3 N–H and O–H groups in total. The summed E-state index contributed by atoms with van der Waals surface area (Å²) in [5, 5.41) is 15.3. The van der Waals surface area contributed by atoms with Crippen molar-refractivity contribution < 1.29 is 4.39 Å². The quantitative estimate of drug-likeness (QED) is 0.483. The van der Waals surface area contributed by atoms with E-state index in [-0.39, 0.29) is 23.3 Å². The summed E-state index contributed by atoms with van der Waals surface area (Å²) in [4.78, 5) is 12.4. The number of aromatic nitrogens is 2. The summed E-state index contributed by atoms with van der Waals surface area (Å²) in [6.07, 6.45) is 0. The van der Waals surface area contributed by atoms with Crippen molar-refractivity contribution in [1.82, 2.24) is 15.5 Å². The van der Waals surface area contributed by atoms with Crippen molar-refractivity contribution in [2.45, 2.75) is 18.5 Å². The second kappa shape index (κ2) is 7.39. The third-order valence-electron chi connectivity index (χ3n) is 5.73. The van der Waals surface area contributed by atoms with Crippen LogP contribution in [0.25, 0.3) is 10.8 Å². The molecule has 3 aromatic carbocycles. The van der Waals surface area contributed by atoms with E-state index in [4.69, 9.17) is 0 Å². The average molecular weight is 400 g/mol. The second-order valence-corrected chi connectivity index (χ2v) is 7.59. The van der Waals surface area contributed by atoms with Gasteiger partial charge in [-0.1, -0.05) is 42.5 Å². The molecule has 5 nitrogen and oxygen atoms in total. The Morgan fingerprint density at radius 1 is 1.00 bits per heavy atom. The molecule has 1 aromatic heterocycles. The molecule has 0 radical (unpaired) electrons. The van der Waals surface area contributed by atoms with E-state index < -0.39 is 0 Å². The van der Waals surface area contributed by atoms with Crippen molar-refractivity contribution in [3.05, 3.63) is 105 Å². The summed E-state index contributed by atoms with van der Waals surface area (Å²) < 4.78 is 13.6. The fourth-order valence-corrected chi connectivity index (χ4v) is 4.34. The highest BCUT2D eigenvalue weighted by Gasteiger charge is 2.34. The molecular formula is C24H21FN4O. The number of H-pyrrole nitrogens is 1. The number of nitrogens with zero attached hydrogens (tertiary/aromatic N) is 1. The Kier molecular flexibility index (Phi) is 4.56. The lowest BCUT2D eigenvalue weighted by Gasteiger charge is -2.34. The molecule has 6 heteroatoms. The Labute approximate surface area is 173 Å². The van der Waals surface area contributed by atoms with E-state index in [2.05, 4.69) is 45.1 Å². The van der Waals surface area contributed by atoms with Gasteiger partial charge in [0.15, 0.2) is 0 Å². The van der Waals surface area contributed by atoms with E-state index in [1.54, 1.807) is 18.2 Å². The normalized spacial score (nSPS) is 17.7. The second-order valence-electron chi connectivity index (χ2n) is 7.59. The first kappa shape index (κ1) is 18.5. The molecule has 0 saturated carbocycles. The topological polar surface area (TPSA) is 69.8 Å². The van der Waals surface area contributed by atoms with Gasteiger partial charge >= 0.3 is 0 Å². The van der Waals surface area contributed by atoms with Crippen LogP contribution in [-0.4, -0.2) is 17.2 Å². The van der Waals surface area contributed by atoms with Crippen LogP contribution in [-0.2, 0) is 6.54 Å². The number of benzene rings is 3. The smallest absolute Gasteiger partial charge is 0.272 e. The highest BCUT2D eigenvalue weighted by Crippen LogP contribution is 2.46. The van der Waals surface area contributed by atoms with E-state index in [1.165, 1.54) is 17.7 Å². The van der Waals surface area contributed by atoms with Crippen molar-refractivity contribution in [3.8, 4) is 0 Å². The Bertz CT molecular complexity index is 1270. The van der Waals surface area contributed by atoms with E-state index in [0.717, 1.165) is 34.4 Å². The maximum atomic E-state index is 13.6. The van der Waals surface area contributed by atoms with Crippen LogP contribution in [0, 0.1) is 5.82 Å². The number of anilines is 1. The highest BCUT2D eigenvalue weighted by atomic mass is 19.1. The Hall–Kier alpha value is -3.51. The summed E-state index contributed by atoms with van der Waals surface area (Å²) in [6.45, 7) is 0.796. The first-order chi connectivity index (χ1) is 14.7. The fraction of sp³-hybridized carbons (Fsp3) is 0.167. The molecule has 0 fully saturated rings. The largest absolute Gasteiger partial charge is 0.377 e. The molecule has 4 aromatic rings. The molecule has 2 unspecified atom stereocenters. The minimum Gasteiger partial charge on any atom is -0.377 e. The van der Waals surface area contributed by atoms with E-state index >= 15 is 0 Å². The van der Waals surface area contributed by atoms with Gasteiger partial charge in [0.1, 0.15) is 5.82 Å². The average Bonchev–Trinajstić information content (AvgIpc) is 2.77. The van der Waals surface area contributed by atoms with Crippen molar-refractivity contribution in [2.24, 2.45) is 0 Å². The Balaban J connectivity index is 1.71. The molecule has 1 aliphatic rings. The zero-order valence-electron chi connectivity index (χ0n) is 16.4. The first-order valence-corrected chi connectivity index (χ1v) is 9.92. The minimum absolute atomic E-state index is 0.115. The van der Waals surface area contributed by atoms with E-state index in [1.807, 2.05) is 19.2 Å². The maximum Gasteiger partial charge on any atom is 0.272 e. The SMILES string of the molecule is CNCc1ccc(C2Nc3cccc4c(=O)[nH]nc(c34)C2c2ccc(F)cc2)cc1. The molecule has 0 aliphatic carbocycles. The van der Waals surface area contributed by atoms with Gasteiger partial charge in [-0.2, -0.15) is 5.10 Å². The summed E-state index contributed by atoms with van der Waals surface area (Å²) in [7, 11) is 1.92. The van der Waals surface area contributed by atoms with Crippen molar-refractivity contribution in [1.29, 1.82) is 0 Å². The number of halogens is 1. The molecule has 30 heavy (non-hydrogen) atoms. The van der Waals surface area contributed by atoms with E-state index in [0.29, 0.717) is 5.39 Å². The molecular weight excluding hydrogens is 379 g/mol. The molecule has 0 saturated heterocycles. The fourth-order valence-electron chi connectivity index (χ4n) is 4.34. The van der Waals surface area contributed by atoms with Gasteiger partial charge in [-0.05, 0) is 48.0 Å². The third kappa shape index (κ3) is 3.06. The van der Waals surface area contributed by atoms with Gasteiger partial charge < -0.3 is 10.6 Å². The lowest BCUT2D eigenvalue weighted by molar-refractivity contribution is 0.616. The zero-order valence-corrected chi connectivity index (χ0v) is 16.4. The lowest BCUT2D eigenvalue weighted by Crippen LogP contribution is -2.28. The molecule has 150 valence electrons. The first-order valence-electron chi connectivity index (χ1n) is 9.92. The van der Waals surface area contributed by atoms with Gasteiger partial charge in [-0.3, -0.25) is 4.79 Å². The van der Waals surface area contributed by atoms with Gasteiger partial charge in [0.05, 0.1) is 23.0 Å². The summed E-state index contributed by atoms with van der Waals surface area (Å²) >= 11 is 0. The van der Waals surface area contributed by atoms with Crippen LogP contribution in [0.3, 0.4) is 0 Å². The van der Waals surface area contributed by atoms with Gasteiger partial charge in [0.25, 0.3) is 5.56 Å². The number of rotatable bonds is 4. The number of nitrogens with one attached hydrogen (secondary N) is 3. The number of aromatic amines is 1. The number of hydrogen-bond donors (Lipinski definition) is 3. The summed E-state index contributed by atoms with van der Waals surface area (Å²) in [5.74, 6) is -0.467. The highest BCUT2D eigenvalue weighted by molar-refractivity contribution is 5.97. The minimum atomic E-state index is -0.282. The monoisotopic (exact) mass is 400 g/mol. The molecule has 0 spiro atoms. The van der Waals surface area contributed by atoms with E-state index in [9.17, 15) is 9.18 Å². The summed E-state index contributed by atoms with van der Waals surface area (Å²) in [6, 6.07) is 20.5. The van der Waals surface area contributed by atoms with Crippen LogP contribution >= 0.6 is 0 Å². The van der Waals surface area contributed by atoms with Gasteiger partial charge in [0.2, 0.25) is 0 Å². The predicted octanol–water partition coefficient (Wildman–Crippen LogP) is 4.08. The van der Waals surface area contributed by atoms with Crippen LogP contribution in [0.5, 0.6) is 0 Å². The third-order valence-corrected chi connectivity index (χ3v) is 5.73. The van der Waals surface area contributed by atoms with Crippen LogP contribution in [0.15, 0.2) is 71.5 Å². The Morgan fingerprint density at radius 3 is 2.47 bits per heavy atom. The molecule has 0 amide bonds. The van der Waals surface area contributed by atoms with Crippen LogP contribution in [0.2, 0.25) is 0 Å². The molecule has 0 bridgehead atoms. The summed E-state index contributed by atoms with van der Waals surface area (Å²) in [5.41, 5.74) is 4.67. The van der Waals surface area contributed by atoms with Crippen LogP contribution in [0.4, 0.5) is 10.1 Å².